The highest BCUT2D eigenvalue weighted by atomic mass is 16.5. The van der Waals surface area contributed by atoms with Crippen LogP contribution in [-0.2, 0) is 24.8 Å². The van der Waals surface area contributed by atoms with Crippen molar-refractivity contribution in [1.29, 1.82) is 0 Å². The summed E-state index contributed by atoms with van der Waals surface area (Å²) in [7, 11) is 3.49. The SMILES string of the molecule is COc1ccc(CC(=O)NCc2ccc(-c3cnn(C)c3)nc2)cc1. The molecule has 1 N–H and O–H groups in total. The van der Waals surface area contributed by atoms with Gasteiger partial charge in [-0.25, -0.2) is 0 Å². The molecule has 3 rings (SSSR count). The zero-order valence-corrected chi connectivity index (χ0v) is 14.3. The molecule has 0 spiro atoms. The first kappa shape index (κ1) is 16.7. The number of aryl methyl sites for hydroxylation is 1. The number of hydrogen-bond donors (Lipinski definition) is 1. The maximum atomic E-state index is 12.1. The zero-order valence-electron chi connectivity index (χ0n) is 14.3. The summed E-state index contributed by atoms with van der Waals surface area (Å²) in [6.07, 6.45) is 5.80. The van der Waals surface area contributed by atoms with E-state index in [9.17, 15) is 4.79 Å². The number of amides is 1. The van der Waals surface area contributed by atoms with Crippen LogP contribution in [0.1, 0.15) is 11.1 Å². The molecule has 0 aliphatic heterocycles. The third-order valence-electron chi connectivity index (χ3n) is 3.84. The molecule has 6 heteroatoms. The molecule has 0 aliphatic rings. The lowest BCUT2D eigenvalue weighted by Gasteiger charge is -2.07. The maximum Gasteiger partial charge on any atom is 0.224 e. The molecule has 25 heavy (non-hydrogen) atoms. The van der Waals surface area contributed by atoms with E-state index < -0.39 is 0 Å². The van der Waals surface area contributed by atoms with Crippen molar-refractivity contribution in [2.75, 3.05) is 7.11 Å². The fourth-order valence-electron chi connectivity index (χ4n) is 2.45. The predicted octanol–water partition coefficient (Wildman–Crippen LogP) is 2.35. The van der Waals surface area contributed by atoms with Gasteiger partial charge in [-0.15, -0.1) is 0 Å². The topological polar surface area (TPSA) is 69.0 Å². The Bertz CT molecular complexity index is 839. The number of methoxy groups -OCH3 is 1. The van der Waals surface area contributed by atoms with Crippen LogP contribution in [0.25, 0.3) is 11.3 Å². The first-order chi connectivity index (χ1) is 12.1. The molecule has 0 saturated carbocycles. The van der Waals surface area contributed by atoms with Crippen molar-refractivity contribution < 1.29 is 9.53 Å². The van der Waals surface area contributed by atoms with Crippen molar-refractivity contribution in [3.05, 3.63) is 66.1 Å². The Balaban J connectivity index is 1.53. The molecule has 0 unspecified atom stereocenters. The minimum atomic E-state index is -0.0264. The highest BCUT2D eigenvalue weighted by molar-refractivity contribution is 5.78. The molecule has 2 aromatic heterocycles. The maximum absolute atomic E-state index is 12.1. The average molecular weight is 336 g/mol. The van der Waals surface area contributed by atoms with Crippen molar-refractivity contribution in [2.45, 2.75) is 13.0 Å². The summed E-state index contributed by atoms with van der Waals surface area (Å²) in [5.41, 5.74) is 3.73. The summed E-state index contributed by atoms with van der Waals surface area (Å²) < 4.78 is 6.85. The number of carbonyl (C=O) groups excluding carboxylic acids is 1. The first-order valence-corrected chi connectivity index (χ1v) is 7.97. The molecule has 1 aromatic carbocycles. The first-order valence-electron chi connectivity index (χ1n) is 7.97. The van der Waals surface area contributed by atoms with Gasteiger partial charge in [0.15, 0.2) is 0 Å². The second-order valence-corrected chi connectivity index (χ2v) is 5.76. The molecule has 0 radical (unpaired) electrons. The van der Waals surface area contributed by atoms with Crippen LogP contribution >= 0.6 is 0 Å². The molecule has 128 valence electrons. The Hall–Kier alpha value is -3.15. The molecule has 6 nitrogen and oxygen atoms in total. The van der Waals surface area contributed by atoms with Gasteiger partial charge >= 0.3 is 0 Å². The Kier molecular flexibility index (Phi) is 5.09. The number of aromatic nitrogens is 3. The van der Waals surface area contributed by atoms with Crippen molar-refractivity contribution >= 4 is 5.91 Å². The number of hydrogen-bond acceptors (Lipinski definition) is 4. The number of nitrogens with one attached hydrogen (secondary N) is 1. The number of benzene rings is 1. The predicted molar refractivity (Wildman–Crippen MR) is 95.0 cm³/mol. The van der Waals surface area contributed by atoms with Crippen LogP contribution < -0.4 is 10.1 Å². The molecule has 0 bridgehead atoms. The van der Waals surface area contributed by atoms with E-state index in [0.717, 1.165) is 28.1 Å². The summed E-state index contributed by atoms with van der Waals surface area (Å²) in [5.74, 6) is 0.755. The average Bonchev–Trinajstić information content (AvgIpc) is 3.07. The molecule has 0 atom stereocenters. The van der Waals surface area contributed by atoms with Gasteiger partial charge in [-0.2, -0.15) is 5.10 Å². The van der Waals surface area contributed by atoms with Crippen LogP contribution in [-0.4, -0.2) is 27.8 Å². The second kappa shape index (κ2) is 7.61. The Morgan fingerprint density at radius 3 is 2.48 bits per heavy atom. The third kappa shape index (κ3) is 4.44. The van der Waals surface area contributed by atoms with Crippen molar-refractivity contribution in [2.24, 2.45) is 7.05 Å². The Morgan fingerprint density at radius 2 is 1.88 bits per heavy atom. The monoisotopic (exact) mass is 336 g/mol. The van der Waals surface area contributed by atoms with Gasteiger partial charge in [-0.1, -0.05) is 18.2 Å². The van der Waals surface area contributed by atoms with Crippen molar-refractivity contribution in [3.63, 3.8) is 0 Å². The van der Waals surface area contributed by atoms with Crippen molar-refractivity contribution in [1.82, 2.24) is 20.1 Å². The fraction of sp³-hybridized carbons (Fsp3) is 0.211. The van der Waals surface area contributed by atoms with Gasteiger partial charge < -0.3 is 10.1 Å². The van der Waals surface area contributed by atoms with Crippen LogP contribution in [0, 0.1) is 0 Å². The normalized spacial score (nSPS) is 10.5. The Morgan fingerprint density at radius 1 is 1.12 bits per heavy atom. The van der Waals surface area contributed by atoms with E-state index in [1.165, 1.54) is 0 Å². The lowest BCUT2D eigenvalue weighted by molar-refractivity contribution is -0.120. The van der Waals surface area contributed by atoms with E-state index in [4.69, 9.17) is 4.74 Å². The highest BCUT2D eigenvalue weighted by Gasteiger charge is 2.05. The van der Waals surface area contributed by atoms with E-state index in [-0.39, 0.29) is 5.91 Å². The minimum Gasteiger partial charge on any atom is -0.497 e. The standard InChI is InChI=1S/C19H20N4O2/c1-23-13-16(12-22-23)18-8-5-15(10-20-18)11-21-19(24)9-14-3-6-17(25-2)7-4-14/h3-8,10,12-13H,9,11H2,1-2H3,(H,21,24). The molecule has 1 amide bonds. The molecule has 3 aromatic rings. The largest absolute Gasteiger partial charge is 0.497 e. The molecule has 2 heterocycles. The smallest absolute Gasteiger partial charge is 0.224 e. The summed E-state index contributed by atoms with van der Waals surface area (Å²) in [6.45, 7) is 0.454. The molecule has 0 fully saturated rings. The van der Waals surface area contributed by atoms with E-state index in [1.54, 1.807) is 24.2 Å². The summed E-state index contributed by atoms with van der Waals surface area (Å²) in [5, 5.41) is 7.05. The van der Waals surface area contributed by atoms with E-state index >= 15 is 0 Å². The number of pyridine rings is 1. The van der Waals surface area contributed by atoms with E-state index in [0.29, 0.717) is 13.0 Å². The number of nitrogens with zero attached hydrogens (tertiary/aromatic N) is 3. The summed E-state index contributed by atoms with van der Waals surface area (Å²) in [4.78, 5) is 16.5. The van der Waals surface area contributed by atoms with E-state index in [1.807, 2.05) is 49.6 Å². The molecular weight excluding hydrogens is 316 g/mol. The van der Waals surface area contributed by atoms with Gasteiger partial charge in [0.05, 0.1) is 25.4 Å². The minimum absolute atomic E-state index is 0.0264. The number of ether oxygens (including phenoxy) is 1. The lowest BCUT2D eigenvalue weighted by Crippen LogP contribution is -2.24. The van der Waals surface area contributed by atoms with Crippen LogP contribution in [0.4, 0.5) is 0 Å². The van der Waals surface area contributed by atoms with E-state index in [2.05, 4.69) is 15.4 Å². The molecular formula is C19H20N4O2. The van der Waals surface area contributed by atoms with Crippen LogP contribution in [0.2, 0.25) is 0 Å². The molecule has 0 saturated heterocycles. The summed E-state index contributed by atoms with van der Waals surface area (Å²) >= 11 is 0. The Labute approximate surface area is 146 Å². The number of rotatable bonds is 6. The second-order valence-electron chi connectivity index (χ2n) is 5.76. The summed E-state index contributed by atoms with van der Waals surface area (Å²) in [6, 6.07) is 11.4. The molecule has 0 aliphatic carbocycles. The van der Waals surface area contributed by atoms with Gasteiger partial charge in [-0.05, 0) is 29.3 Å². The van der Waals surface area contributed by atoms with Crippen molar-refractivity contribution in [3.8, 4) is 17.0 Å². The van der Waals surface area contributed by atoms with Gasteiger partial charge in [0, 0.05) is 31.5 Å². The fourth-order valence-corrected chi connectivity index (χ4v) is 2.45. The third-order valence-corrected chi connectivity index (χ3v) is 3.84. The lowest BCUT2D eigenvalue weighted by atomic mass is 10.1. The van der Waals surface area contributed by atoms with Gasteiger partial charge in [0.2, 0.25) is 5.91 Å². The van der Waals surface area contributed by atoms with Crippen LogP contribution in [0.15, 0.2) is 55.0 Å². The van der Waals surface area contributed by atoms with Gasteiger partial charge in [0.1, 0.15) is 5.75 Å². The number of carbonyl (C=O) groups is 1. The highest BCUT2D eigenvalue weighted by Crippen LogP contribution is 2.15. The van der Waals surface area contributed by atoms with Gasteiger partial charge in [0.25, 0.3) is 0 Å². The quantitative estimate of drug-likeness (QED) is 0.750. The zero-order chi connectivity index (χ0) is 17.6. The van der Waals surface area contributed by atoms with Crippen LogP contribution in [0.5, 0.6) is 5.75 Å². The van der Waals surface area contributed by atoms with Crippen LogP contribution in [0.3, 0.4) is 0 Å². The van der Waals surface area contributed by atoms with Gasteiger partial charge in [-0.3, -0.25) is 14.5 Å².